The maximum atomic E-state index is 12.8. The molecule has 0 aliphatic carbocycles. The number of allylic oxidation sites excluding steroid dienone is 8. The second-order valence-electron chi connectivity index (χ2n) is 22.0. The van der Waals surface area contributed by atoms with Crippen LogP contribution in [-0.4, -0.2) is 37.2 Å². The molecule has 0 amide bonds. The van der Waals surface area contributed by atoms with E-state index in [2.05, 4.69) is 69.4 Å². The Bertz CT molecular complexity index is 1280. The van der Waals surface area contributed by atoms with Crippen molar-refractivity contribution in [2.45, 2.75) is 354 Å². The third kappa shape index (κ3) is 60.2. The van der Waals surface area contributed by atoms with Gasteiger partial charge in [0.05, 0.1) is 0 Å². The summed E-state index contributed by atoms with van der Waals surface area (Å²) in [5.74, 6) is -0.878. The van der Waals surface area contributed by atoms with E-state index in [1.165, 1.54) is 212 Å². The number of rotatable bonds is 60. The van der Waals surface area contributed by atoms with Crippen LogP contribution < -0.4 is 0 Å². The Labute approximate surface area is 460 Å². The predicted molar refractivity (Wildman–Crippen MR) is 321 cm³/mol. The van der Waals surface area contributed by atoms with Gasteiger partial charge in [0.25, 0.3) is 0 Å². The molecule has 1 unspecified atom stereocenters. The minimum atomic E-state index is -0.773. The molecule has 0 saturated carbocycles. The lowest BCUT2D eigenvalue weighted by Crippen LogP contribution is -2.30. The van der Waals surface area contributed by atoms with Gasteiger partial charge in [-0.3, -0.25) is 14.4 Å². The van der Waals surface area contributed by atoms with Crippen LogP contribution in [0.2, 0.25) is 0 Å². The van der Waals surface area contributed by atoms with E-state index in [-0.39, 0.29) is 31.1 Å². The fourth-order valence-electron chi connectivity index (χ4n) is 9.73. The van der Waals surface area contributed by atoms with E-state index in [9.17, 15) is 14.4 Å². The van der Waals surface area contributed by atoms with Crippen LogP contribution in [0.15, 0.2) is 48.6 Å². The van der Waals surface area contributed by atoms with Crippen LogP contribution in [0.3, 0.4) is 0 Å². The summed E-state index contributed by atoms with van der Waals surface area (Å²) >= 11 is 0. The predicted octanol–water partition coefficient (Wildman–Crippen LogP) is 22.2. The molecule has 0 spiro atoms. The minimum Gasteiger partial charge on any atom is -0.462 e. The van der Waals surface area contributed by atoms with Gasteiger partial charge < -0.3 is 14.2 Å². The molecule has 0 bridgehead atoms. The fourth-order valence-corrected chi connectivity index (χ4v) is 9.73. The van der Waals surface area contributed by atoms with Crippen molar-refractivity contribution >= 4 is 17.9 Å². The van der Waals surface area contributed by atoms with Gasteiger partial charge in [0.15, 0.2) is 6.10 Å². The molecule has 0 N–H and O–H groups in total. The lowest BCUT2D eigenvalue weighted by molar-refractivity contribution is -0.167. The van der Waals surface area contributed by atoms with Gasteiger partial charge in [-0.1, -0.05) is 320 Å². The number of unbranched alkanes of at least 4 members (excludes halogenated alkanes) is 41. The molecule has 0 aliphatic heterocycles. The summed E-state index contributed by atoms with van der Waals surface area (Å²) < 4.78 is 16.8. The molecule has 0 saturated heterocycles. The number of carbonyl (C=O) groups is 3. The van der Waals surface area contributed by atoms with Gasteiger partial charge in [0.1, 0.15) is 13.2 Å². The van der Waals surface area contributed by atoms with Gasteiger partial charge in [0, 0.05) is 19.3 Å². The van der Waals surface area contributed by atoms with Crippen molar-refractivity contribution in [1.82, 2.24) is 0 Å². The Morgan fingerprint density at radius 3 is 0.824 bits per heavy atom. The maximum absolute atomic E-state index is 12.8. The Hall–Kier alpha value is -2.63. The topological polar surface area (TPSA) is 78.9 Å². The highest BCUT2D eigenvalue weighted by atomic mass is 16.6. The number of esters is 3. The number of hydrogen-bond donors (Lipinski definition) is 0. The molecule has 0 aromatic carbocycles. The molecule has 0 heterocycles. The zero-order valence-electron chi connectivity index (χ0n) is 49.6. The first-order valence-corrected chi connectivity index (χ1v) is 32.6. The van der Waals surface area contributed by atoms with Gasteiger partial charge in [-0.05, 0) is 57.8 Å². The van der Waals surface area contributed by atoms with Crippen LogP contribution in [-0.2, 0) is 28.6 Å². The normalized spacial score (nSPS) is 12.3. The summed E-state index contributed by atoms with van der Waals surface area (Å²) in [6.45, 7) is 6.49. The van der Waals surface area contributed by atoms with E-state index in [0.29, 0.717) is 19.3 Å². The third-order valence-corrected chi connectivity index (χ3v) is 14.6. The Kier molecular flexibility index (Phi) is 60.7. The van der Waals surface area contributed by atoms with E-state index >= 15 is 0 Å². The average molecular weight is 1040 g/mol. The van der Waals surface area contributed by atoms with Gasteiger partial charge in [-0.2, -0.15) is 0 Å². The van der Waals surface area contributed by atoms with Crippen LogP contribution >= 0.6 is 0 Å². The van der Waals surface area contributed by atoms with Crippen molar-refractivity contribution in [3.8, 4) is 0 Å². The molecular weight excluding hydrogens is 913 g/mol. The molecule has 0 radical (unpaired) electrons. The molecule has 6 nitrogen and oxygen atoms in total. The van der Waals surface area contributed by atoms with Gasteiger partial charge in [-0.25, -0.2) is 0 Å². The molecule has 74 heavy (non-hydrogen) atoms. The Morgan fingerprint density at radius 2 is 0.527 bits per heavy atom. The van der Waals surface area contributed by atoms with E-state index in [1.54, 1.807) is 0 Å². The molecule has 0 aromatic heterocycles. The SMILES string of the molecule is CC/C=C\C/C=C\C/C=C\C/C=C\CCCCCCCCCCC(=O)OC(COC(=O)CCCCCCC)COC(=O)CCCCCCCCCCCCCCCCCCCCCCCCCCCCCCCC. The van der Waals surface area contributed by atoms with E-state index < -0.39 is 6.10 Å². The summed E-state index contributed by atoms with van der Waals surface area (Å²) in [5.41, 5.74) is 0. The molecule has 0 aromatic rings. The minimum absolute atomic E-state index is 0.0732. The van der Waals surface area contributed by atoms with Crippen LogP contribution in [0.25, 0.3) is 0 Å². The molecule has 432 valence electrons. The average Bonchev–Trinajstić information content (AvgIpc) is 3.40. The maximum Gasteiger partial charge on any atom is 0.306 e. The highest BCUT2D eigenvalue weighted by molar-refractivity contribution is 5.71. The summed E-state index contributed by atoms with van der Waals surface area (Å²) in [7, 11) is 0. The zero-order valence-corrected chi connectivity index (χ0v) is 49.6. The van der Waals surface area contributed by atoms with Gasteiger partial charge in [-0.15, -0.1) is 0 Å². The van der Waals surface area contributed by atoms with Crippen molar-refractivity contribution in [2.24, 2.45) is 0 Å². The van der Waals surface area contributed by atoms with E-state index in [0.717, 1.165) is 96.3 Å². The lowest BCUT2D eigenvalue weighted by Gasteiger charge is -2.18. The standard InChI is InChI=1S/C68H124O6/c1-4-7-10-13-15-17-19-21-23-25-27-29-30-31-32-33-34-35-36-37-39-40-42-44-46-48-50-52-55-58-61-67(70)73-64-65(63-72-66(69)60-57-54-12-9-6-3)74-68(71)62-59-56-53-51-49-47-45-43-41-38-28-26-24-22-20-18-16-14-11-8-5-2/h8,11,16,18,22,24,28,38,65H,4-7,9-10,12-15,17,19-21,23,25-27,29-37,39-64H2,1-3H3/b11-8-,18-16-,24-22-,38-28-. The third-order valence-electron chi connectivity index (χ3n) is 14.6. The van der Waals surface area contributed by atoms with Gasteiger partial charge >= 0.3 is 17.9 Å². The molecule has 0 aliphatic rings. The smallest absolute Gasteiger partial charge is 0.306 e. The van der Waals surface area contributed by atoms with Crippen molar-refractivity contribution in [1.29, 1.82) is 0 Å². The quantitative estimate of drug-likeness (QED) is 0.0261. The molecule has 0 rings (SSSR count). The summed E-state index contributed by atoms with van der Waals surface area (Å²) in [6.07, 6.45) is 79.0. The van der Waals surface area contributed by atoms with Crippen molar-refractivity contribution < 1.29 is 28.6 Å². The van der Waals surface area contributed by atoms with Crippen LogP contribution in [0.5, 0.6) is 0 Å². The summed E-state index contributed by atoms with van der Waals surface area (Å²) in [5, 5.41) is 0. The van der Waals surface area contributed by atoms with Crippen molar-refractivity contribution in [3.63, 3.8) is 0 Å². The summed E-state index contributed by atoms with van der Waals surface area (Å²) in [6, 6.07) is 0. The second-order valence-corrected chi connectivity index (χ2v) is 22.0. The largest absolute Gasteiger partial charge is 0.462 e. The van der Waals surface area contributed by atoms with Gasteiger partial charge in [0.2, 0.25) is 0 Å². The van der Waals surface area contributed by atoms with Crippen molar-refractivity contribution in [2.75, 3.05) is 13.2 Å². The number of carbonyl (C=O) groups excluding carboxylic acids is 3. The highest BCUT2D eigenvalue weighted by Crippen LogP contribution is 2.18. The van der Waals surface area contributed by atoms with E-state index in [1.807, 2.05) is 0 Å². The second kappa shape index (κ2) is 62.9. The van der Waals surface area contributed by atoms with Crippen LogP contribution in [0.4, 0.5) is 0 Å². The molecule has 0 fully saturated rings. The van der Waals surface area contributed by atoms with Crippen LogP contribution in [0.1, 0.15) is 348 Å². The summed E-state index contributed by atoms with van der Waals surface area (Å²) in [4.78, 5) is 37.9. The Balaban J connectivity index is 3.95. The van der Waals surface area contributed by atoms with Crippen molar-refractivity contribution in [3.05, 3.63) is 48.6 Å². The lowest BCUT2D eigenvalue weighted by atomic mass is 10.0. The van der Waals surface area contributed by atoms with Crippen LogP contribution in [0, 0.1) is 0 Å². The first kappa shape index (κ1) is 71.4. The van der Waals surface area contributed by atoms with E-state index in [4.69, 9.17) is 14.2 Å². The first-order valence-electron chi connectivity index (χ1n) is 32.6. The molecule has 1 atom stereocenters. The molecular formula is C68H124O6. The number of hydrogen-bond acceptors (Lipinski definition) is 6. The Morgan fingerprint density at radius 1 is 0.284 bits per heavy atom. The fraction of sp³-hybridized carbons (Fsp3) is 0.838. The number of ether oxygens (including phenoxy) is 3. The molecule has 6 heteroatoms. The highest BCUT2D eigenvalue weighted by Gasteiger charge is 2.19. The zero-order chi connectivity index (χ0) is 53.6. The first-order chi connectivity index (χ1) is 36.5. The monoisotopic (exact) mass is 1040 g/mol.